The Morgan fingerprint density at radius 3 is 2.47 bits per heavy atom. The van der Waals surface area contributed by atoms with E-state index in [4.69, 9.17) is 31.5 Å². The number of hydrogen-bond acceptors (Lipinski definition) is 6. The Morgan fingerprint density at radius 2 is 1.78 bits per heavy atom. The maximum Gasteiger partial charge on any atom is 0.174 e. The smallest absolute Gasteiger partial charge is 0.174 e. The molecule has 0 amide bonds. The first-order valence-electron chi connectivity index (χ1n) is 12.9. The van der Waals surface area contributed by atoms with Crippen LogP contribution in [0.2, 0.25) is 0 Å². The van der Waals surface area contributed by atoms with Crippen LogP contribution in [0.15, 0.2) is 0 Å². The molecule has 2 aliphatic heterocycles. The number of methoxy groups -OCH3 is 2. The van der Waals surface area contributed by atoms with Crippen LogP contribution in [0.1, 0.15) is 64.7 Å². The van der Waals surface area contributed by atoms with Gasteiger partial charge in [0, 0.05) is 38.8 Å². The standard InChI is InChI=1S/C25H41ClN2O4/c1-13-11-16(27)15-9-10-17(14-7-5-4-6-8-14)28-23(15)25(13)24(29)20-18(30-2)12-19(31-3)21(26)22(20)32-25/h13-23,28H,4-12,27H2,1-3H3/t13-,15?,16?,17?,18?,19?,20?,21?,22?,23?,25+/m1/s1. The summed E-state index contributed by atoms with van der Waals surface area (Å²) in [6.45, 7) is 2.15. The quantitative estimate of drug-likeness (QED) is 0.619. The van der Waals surface area contributed by atoms with Gasteiger partial charge in [0.25, 0.3) is 0 Å². The zero-order chi connectivity index (χ0) is 22.6. The molecule has 0 bridgehead atoms. The molecule has 0 radical (unpaired) electrons. The third-order valence-electron chi connectivity index (χ3n) is 9.73. The van der Waals surface area contributed by atoms with Gasteiger partial charge in [-0.3, -0.25) is 4.79 Å². The number of alkyl halides is 1. The normalized spacial score (nSPS) is 52.1. The number of nitrogens with one attached hydrogen (secondary N) is 1. The Labute approximate surface area is 197 Å². The third kappa shape index (κ3) is 3.51. The van der Waals surface area contributed by atoms with Crippen molar-refractivity contribution in [2.24, 2.45) is 29.4 Å². The Bertz CT molecular complexity index is 703. The van der Waals surface area contributed by atoms with Gasteiger partial charge in [-0.1, -0.05) is 26.2 Å². The molecule has 1 spiro atoms. The van der Waals surface area contributed by atoms with E-state index in [1.807, 2.05) is 0 Å². The molecule has 11 atom stereocenters. The molecule has 0 aromatic heterocycles. The zero-order valence-corrected chi connectivity index (χ0v) is 20.6. The fourth-order valence-corrected chi connectivity index (χ4v) is 8.45. The van der Waals surface area contributed by atoms with Crippen molar-refractivity contribution >= 4 is 17.4 Å². The largest absolute Gasteiger partial charge is 0.380 e. The molecule has 182 valence electrons. The lowest BCUT2D eigenvalue weighted by atomic mass is 9.59. The van der Waals surface area contributed by atoms with Crippen LogP contribution < -0.4 is 11.1 Å². The van der Waals surface area contributed by atoms with Crippen molar-refractivity contribution in [1.29, 1.82) is 0 Å². The van der Waals surface area contributed by atoms with Gasteiger partial charge in [0.15, 0.2) is 5.78 Å². The monoisotopic (exact) mass is 468 g/mol. The Balaban J connectivity index is 1.49. The lowest BCUT2D eigenvalue weighted by molar-refractivity contribution is -0.168. The summed E-state index contributed by atoms with van der Waals surface area (Å²) in [7, 11) is 3.36. The number of halogens is 1. The summed E-state index contributed by atoms with van der Waals surface area (Å²) in [6.07, 6.45) is 9.40. The molecule has 5 fully saturated rings. The molecule has 3 N–H and O–H groups in total. The summed E-state index contributed by atoms with van der Waals surface area (Å²) in [4.78, 5) is 14.3. The minimum Gasteiger partial charge on any atom is -0.380 e. The third-order valence-corrected chi connectivity index (χ3v) is 10.3. The van der Waals surface area contributed by atoms with Crippen LogP contribution in [0.25, 0.3) is 0 Å². The van der Waals surface area contributed by atoms with Gasteiger partial charge in [0.1, 0.15) is 5.60 Å². The minimum atomic E-state index is -0.879. The van der Waals surface area contributed by atoms with E-state index in [0.717, 1.165) is 19.3 Å². The van der Waals surface area contributed by atoms with Gasteiger partial charge in [0.2, 0.25) is 0 Å². The second-order valence-electron chi connectivity index (χ2n) is 11.2. The molecular formula is C25H41ClN2O4. The fraction of sp³-hybridized carbons (Fsp3) is 0.960. The van der Waals surface area contributed by atoms with Gasteiger partial charge in [-0.2, -0.15) is 0 Å². The van der Waals surface area contributed by atoms with E-state index in [9.17, 15) is 4.79 Å². The van der Waals surface area contributed by atoms with E-state index >= 15 is 0 Å². The number of carbonyl (C=O) groups excluding carboxylic acids is 1. The summed E-state index contributed by atoms with van der Waals surface area (Å²) in [5, 5.41) is 3.63. The molecule has 6 nitrogen and oxygen atoms in total. The maximum absolute atomic E-state index is 14.3. The van der Waals surface area contributed by atoms with E-state index in [2.05, 4.69) is 12.2 Å². The number of hydrogen-bond donors (Lipinski definition) is 2. The molecule has 3 saturated carbocycles. The van der Waals surface area contributed by atoms with Crippen LogP contribution in [0.3, 0.4) is 0 Å². The first kappa shape index (κ1) is 23.5. The van der Waals surface area contributed by atoms with Crippen LogP contribution in [0.4, 0.5) is 0 Å². The second kappa shape index (κ2) is 9.09. The van der Waals surface area contributed by atoms with Crippen molar-refractivity contribution in [2.75, 3.05) is 14.2 Å². The number of Topliss-reactive ketones (excluding diaryl/α,β-unsaturated/α-hetero) is 1. The van der Waals surface area contributed by atoms with Crippen LogP contribution in [-0.4, -0.2) is 67.4 Å². The van der Waals surface area contributed by atoms with Crippen molar-refractivity contribution in [3.05, 3.63) is 0 Å². The zero-order valence-electron chi connectivity index (χ0n) is 19.8. The van der Waals surface area contributed by atoms with Crippen molar-refractivity contribution in [2.45, 2.75) is 112 Å². The summed E-state index contributed by atoms with van der Waals surface area (Å²) in [5.74, 6) is 0.822. The molecular weight excluding hydrogens is 428 g/mol. The Hall–Kier alpha value is -0.240. The Kier molecular flexibility index (Phi) is 6.67. The molecule has 5 rings (SSSR count). The maximum atomic E-state index is 14.3. The average Bonchev–Trinajstić information content (AvgIpc) is 3.13. The predicted octanol–water partition coefficient (Wildman–Crippen LogP) is 3.03. The van der Waals surface area contributed by atoms with E-state index in [0.29, 0.717) is 18.4 Å². The van der Waals surface area contributed by atoms with Gasteiger partial charge in [-0.05, 0) is 49.9 Å². The molecule has 0 aromatic carbocycles. The molecule has 5 aliphatic rings. The Morgan fingerprint density at radius 1 is 1.06 bits per heavy atom. The van der Waals surface area contributed by atoms with Crippen molar-refractivity contribution < 1.29 is 19.0 Å². The van der Waals surface area contributed by atoms with Gasteiger partial charge < -0.3 is 25.3 Å². The predicted molar refractivity (Wildman–Crippen MR) is 124 cm³/mol. The summed E-state index contributed by atoms with van der Waals surface area (Å²) in [5.41, 5.74) is 5.81. The number of nitrogens with two attached hydrogens (primary N) is 1. The van der Waals surface area contributed by atoms with Crippen molar-refractivity contribution in [3.8, 4) is 0 Å². The van der Waals surface area contributed by atoms with Crippen molar-refractivity contribution in [1.82, 2.24) is 5.32 Å². The summed E-state index contributed by atoms with van der Waals surface area (Å²) >= 11 is 6.87. The molecule has 9 unspecified atom stereocenters. The average molecular weight is 469 g/mol. The number of ketones is 1. The van der Waals surface area contributed by atoms with Crippen LogP contribution >= 0.6 is 11.6 Å². The molecule has 2 heterocycles. The fourth-order valence-electron chi connectivity index (χ4n) is 8.03. The van der Waals surface area contributed by atoms with Gasteiger partial charge >= 0.3 is 0 Å². The summed E-state index contributed by atoms with van der Waals surface area (Å²) < 4.78 is 18.4. The number of carbonyl (C=O) groups is 1. The lowest BCUT2D eigenvalue weighted by Gasteiger charge is -2.55. The SMILES string of the molecule is COC1CC(OC)C2C(=O)[C@@]3(OC2C1Cl)C1NC(C2CCCCC2)CCC1C(N)C[C@H]3C. The van der Waals surface area contributed by atoms with Crippen molar-refractivity contribution in [3.63, 3.8) is 0 Å². The van der Waals surface area contributed by atoms with Crippen LogP contribution in [0, 0.1) is 23.7 Å². The van der Waals surface area contributed by atoms with Crippen LogP contribution in [-0.2, 0) is 19.0 Å². The second-order valence-corrected chi connectivity index (χ2v) is 11.7. The summed E-state index contributed by atoms with van der Waals surface area (Å²) in [6, 6.07) is 0.486. The van der Waals surface area contributed by atoms with Gasteiger partial charge in [0.05, 0.1) is 29.6 Å². The lowest BCUT2D eigenvalue weighted by Crippen LogP contribution is -2.72. The highest BCUT2D eigenvalue weighted by atomic mass is 35.5. The highest BCUT2D eigenvalue weighted by molar-refractivity contribution is 6.22. The number of piperidine rings is 1. The number of fused-ring (bicyclic) bond motifs is 3. The molecule has 3 aliphatic carbocycles. The van der Waals surface area contributed by atoms with E-state index in [1.165, 1.54) is 32.1 Å². The minimum absolute atomic E-state index is 0.0387. The van der Waals surface area contributed by atoms with Gasteiger partial charge in [-0.15, -0.1) is 11.6 Å². The van der Waals surface area contributed by atoms with E-state index < -0.39 is 5.60 Å². The van der Waals surface area contributed by atoms with Crippen LogP contribution in [0.5, 0.6) is 0 Å². The molecule has 7 heteroatoms. The molecule has 32 heavy (non-hydrogen) atoms. The first-order chi connectivity index (χ1) is 15.4. The first-order valence-corrected chi connectivity index (χ1v) is 13.3. The number of rotatable bonds is 3. The van der Waals surface area contributed by atoms with E-state index in [1.54, 1.807) is 14.2 Å². The van der Waals surface area contributed by atoms with Gasteiger partial charge in [-0.25, -0.2) is 0 Å². The number of ether oxygens (including phenoxy) is 3. The highest BCUT2D eigenvalue weighted by Gasteiger charge is 2.69. The topological polar surface area (TPSA) is 82.8 Å². The van der Waals surface area contributed by atoms with E-state index in [-0.39, 0.29) is 59.3 Å². The molecule has 0 aromatic rings. The highest BCUT2D eigenvalue weighted by Crippen LogP contribution is 2.54. The molecule has 2 saturated heterocycles.